The number of esters is 1. The van der Waals surface area contributed by atoms with E-state index in [1.54, 1.807) is 32.0 Å². The molecule has 1 rings (SSSR count). The van der Waals surface area contributed by atoms with Crippen molar-refractivity contribution in [2.24, 2.45) is 11.7 Å². The van der Waals surface area contributed by atoms with Crippen LogP contribution in [0.2, 0.25) is 0 Å². The Bertz CT molecular complexity index is 684. The van der Waals surface area contributed by atoms with Gasteiger partial charge >= 0.3 is 12.0 Å². The van der Waals surface area contributed by atoms with Crippen LogP contribution in [0.4, 0.5) is 4.79 Å². The summed E-state index contributed by atoms with van der Waals surface area (Å²) in [5.74, 6) is -0.701. The van der Waals surface area contributed by atoms with Gasteiger partial charge in [0.15, 0.2) is 17.6 Å². The van der Waals surface area contributed by atoms with Gasteiger partial charge in [-0.25, -0.2) is 9.59 Å². The molecule has 8 heteroatoms. The lowest BCUT2D eigenvalue weighted by Crippen LogP contribution is -2.45. The number of carbonyl (C=O) groups excluding carboxylic acids is 3. The molecule has 1 atom stereocenters. The Morgan fingerprint density at radius 3 is 2.46 bits per heavy atom. The van der Waals surface area contributed by atoms with E-state index in [2.05, 4.69) is 0 Å². The summed E-state index contributed by atoms with van der Waals surface area (Å²) in [6.45, 7) is 5.68. The van der Waals surface area contributed by atoms with E-state index in [-0.39, 0.29) is 5.92 Å². The number of ether oxygens (including phenoxy) is 3. The molecule has 3 amide bonds. The summed E-state index contributed by atoms with van der Waals surface area (Å²) in [7, 11) is 1.54. The van der Waals surface area contributed by atoms with Crippen LogP contribution < -0.4 is 20.5 Å². The Labute approximate surface area is 152 Å². The van der Waals surface area contributed by atoms with Crippen LogP contribution in [0.25, 0.3) is 6.08 Å². The topological polar surface area (TPSA) is 117 Å². The number of hydrogen-bond acceptors (Lipinski definition) is 6. The summed E-state index contributed by atoms with van der Waals surface area (Å²) in [4.78, 5) is 34.6. The number of amides is 3. The van der Waals surface area contributed by atoms with E-state index in [4.69, 9.17) is 19.9 Å². The maximum Gasteiger partial charge on any atom is 0.331 e. The molecule has 142 valence electrons. The molecule has 0 saturated carbocycles. The number of nitrogens with two attached hydrogens (primary N) is 1. The monoisotopic (exact) mass is 364 g/mol. The van der Waals surface area contributed by atoms with Gasteiger partial charge in [0.25, 0.3) is 5.91 Å². The lowest BCUT2D eigenvalue weighted by molar-refractivity contribution is -0.153. The molecule has 0 aliphatic rings. The highest BCUT2D eigenvalue weighted by molar-refractivity contribution is 5.97. The third-order valence-electron chi connectivity index (χ3n) is 3.25. The first kappa shape index (κ1) is 21.0. The largest absolute Gasteiger partial charge is 0.493 e. The van der Waals surface area contributed by atoms with E-state index in [0.29, 0.717) is 23.7 Å². The number of hydrogen-bond donors (Lipinski definition) is 2. The molecule has 0 aromatic heterocycles. The second-order valence-electron chi connectivity index (χ2n) is 5.63. The summed E-state index contributed by atoms with van der Waals surface area (Å²) in [6.07, 6.45) is 1.58. The maximum atomic E-state index is 12.0. The van der Waals surface area contributed by atoms with Gasteiger partial charge in [-0.2, -0.15) is 0 Å². The molecular weight excluding hydrogens is 340 g/mol. The minimum absolute atomic E-state index is 0.336. The molecule has 3 N–H and O–H groups in total. The van der Waals surface area contributed by atoms with Crippen LogP contribution in [0.15, 0.2) is 24.3 Å². The van der Waals surface area contributed by atoms with Gasteiger partial charge in [-0.1, -0.05) is 19.9 Å². The smallest absolute Gasteiger partial charge is 0.331 e. The van der Waals surface area contributed by atoms with Crippen LogP contribution in [-0.4, -0.2) is 37.7 Å². The molecule has 0 saturated heterocycles. The van der Waals surface area contributed by atoms with Crippen molar-refractivity contribution in [1.29, 1.82) is 0 Å². The highest BCUT2D eigenvalue weighted by Crippen LogP contribution is 2.28. The number of nitrogens with one attached hydrogen (secondary N) is 1. The maximum absolute atomic E-state index is 12.0. The zero-order valence-electron chi connectivity index (χ0n) is 15.3. The van der Waals surface area contributed by atoms with E-state index in [9.17, 15) is 14.4 Å². The van der Waals surface area contributed by atoms with Gasteiger partial charge in [0.1, 0.15) is 0 Å². The third-order valence-corrected chi connectivity index (χ3v) is 3.25. The van der Waals surface area contributed by atoms with Crippen LogP contribution >= 0.6 is 0 Å². The zero-order valence-corrected chi connectivity index (χ0v) is 15.3. The van der Waals surface area contributed by atoms with E-state index in [1.165, 1.54) is 19.3 Å². The number of benzene rings is 1. The van der Waals surface area contributed by atoms with Gasteiger partial charge in [0, 0.05) is 6.08 Å². The second kappa shape index (κ2) is 10.1. The van der Waals surface area contributed by atoms with Gasteiger partial charge in [0.05, 0.1) is 13.7 Å². The predicted molar refractivity (Wildman–Crippen MR) is 95.6 cm³/mol. The average Bonchev–Trinajstić information content (AvgIpc) is 2.57. The quantitative estimate of drug-likeness (QED) is 0.537. The minimum Gasteiger partial charge on any atom is -0.493 e. The number of methoxy groups -OCH3 is 1. The Balaban J connectivity index is 2.83. The number of urea groups is 1. The van der Waals surface area contributed by atoms with Crippen molar-refractivity contribution in [3.05, 3.63) is 29.8 Å². The SMILES string of the molecule is CCOc1cc(/C=C/C(=O)O[C@@H](C(=O)NC(N)=O)C(C)C)ccc1OC. The van der Waals surface area contributed by atoms with E-state index in [0.717, 1.165) is 0 Å². The minimum atomic E-state index is -1.13. The molecule has 26 heavy (non-hydrogen) atoms. The van der Waals surface area contributed by atoms with Crippen LogP contribution in [0.1, 0.15) is 26.3 Å². The Hall–Kier alpha value is -3.03. The van der Waals surface area contributed by atoms with Crippen LogP contribution in [0, 0.1) is 5.92 Å². The van der Waals surface area contributed by atoms with Crippen LogP contribution in [0.5, 0.6) is 11.5 Å². The van der Waals surface area contributed by atoms with Crippen molar-refractivity contribution in [3.8, 4) is 11.5 Å². The van der Waals surface area contributed by atoms with Gasteiger partial charge in [-0.05, 0) is 36.6 Å². The molecule has 1 aromatic rings. The van der Waals surface area contributed by atoms with Crippen molar-refractivity contribution in [3.63, 3.8) is 0 Å². The van der Waals surface area contributed by atoms with E-state index in [1.807, 2.05) is 12.2 Å². The van der Waals surface area contributed by atoms with Gasteiger partial charge in [0.2, 0.25) is 0 Å². The van der Waals surface area contributed by atoms with Gasteiger partial charge in [-0.15, -0.1) is 0 Å². The first-order chi connectivity index (χ1) is 12.3. The predicted octanol–water partition coefficient (Wildman–Crippen LogP) is 1.87. The van der Waals surface area contributed by atoms with Crippen LogP contribution in [-0.2, 0) is 14.3 Å². The standard InChI is InChI=1S/C18H24N2O6/c1-5-25-14-10-12(6-8-13(14)24-4)7-9-15(21)26-16(11(2)3)17(22)20-18(19)23/h6-11,16H,5H2,1-4H3,(H3,19,20,22,23)/b9-7+/t16-/m1/s1. The molecule has 0 aliphatic heterocycles. The molecular formula is C18H24N2O6. The molecule has 0 unspecified atom stereocenters. The highest BCUT2D eigenvalue weighted by Gasteiger charge is 2.26. The Morgan fingerprint density at radius 1 is 1.23 bits per heavy atom. The lowest BCUT2D eigenvalue weighted by atomic mass is 10.1. The van der Waals surface area contributed by atoms with Crippen molar-refractivity contribution >= 4 is 24.0 Å². The second-order valence-corrected chi connectivity index (χ2v) is 5.63. The highest BCUT2D eigenvalue weighted by atomic mass is 16.5. The molecule has 0 bridgehead atoms. The fraction of sp³-hybridized carbons (Fsp3) is 0.389. The average molecular weight is 364 g/mol. The van der Waals surface area contributed by atoms with Gasteiger partial charge < -0.3 is 19.9 Å². The van der Waals surface area contributed by atoms with Crippen molar-refractivity contribution in [2.75, 3.05) is 13.7 Å². The first-order valence-electron chi connectivity index (χ1n) is 8.08. The van der Waals surface area contributed by atoms with E-state index < -0.39 is 24.0 Å². The number of rotatable bonds is 8. The fourth-order valence-corrected chi connectivity index (χ4v) is 2.08. The molecule has 8 nitrogen and oxygen atoms in total. The Kier molecular flexibility index (Phi) is 8.14. The summed E-state index contributed by atoms with van der Waals surface area (Å²) >= 11 is 0. The Morgan fingerprint density at radius 2 is 1.92 bits per heavy atom. The van der Waals surface area contributed by atoms with Crippen LogP contribution in [0.3, 0.4) is 0 Å². The van der Waals surface area contributed by atoms with Crippen molar-refractivity contribution < 1.29 is 28.6 Å². The van der Waals surface area contributed by atoms with E-state index >= 15 is 0 Å². The normalized spacial score (nSPS) is 11.9. The number of primary amides is 1. The zero-order chi connectivity index (χ0) is 19.7. The number of carbonyl (C=O) groups is 3. The molecule has 0 spiro atoms. The van der Waals surface area contributed by atoms with Crippen molar-refractivity contribution in [2.45, 2.75) is 26.9 Å². The summed E-state index contributed by atoms with van der Waals surface area (Å²) in [6, 6.07) is 4.16. The molecule has 0 aliphatic carbocycles. The summed E-state index contributed by atoms with van der Waals surface area (Å²) < 4.78 is 15.8. The fourth-order valence-electron chi connectivity index (χ4n) is 2.08. The number of imide groups is 1. The summed E-state index contributed by atoms with van der Waals surface area (Å²) in [5.41, 5.74) is 5.60. The third kappa shape index (κ3) is 6.46. The first-order valence-corrected chi connectivity index (χ1v) is 8.08. The molecule has 1 aromatic carbocycles. The summed E-state index contributed by atoms with van der Waals surface area (Å²) in [5, 5.41) is 1.91. The molecule has 0 heterocycles. The van der Waals surface area contributed by atoms with Crippen molar-refractivity contribution in [1.82, 2.24) is 5.32 Å². The molecule has 0 radical (unpaired) electrons. The lowest BCUT2D eigenvalue weighted by Gasteiger charge is -2.18. The molecule has 0 fully saturated rings. The van der Waals surface area contributed by atoms with Gasteiger partial charge in [-0.3, -0.25) is 10.1 Å².